The fourth-order valence-corrected chi connectivity index (χ4v) is 3.51. The van der Waals surface area contributed by atoms with Gasteiger partial charge in [0.1, 0.15) is 0 Å². The van der Waals surface area contributed by atoms with E-state index in [0.29, 0.717) is 5.41 Å². The summed E-state index contributed by atoms with van der Waals surface area (Å²) in [5.74, 6) is 2.45. The molecule has 0 unspecified atom stereocenters. The van der Waals surface area contributed by atoms with E-state index in [4.69, 9.17) is 0 Å². The van der Waals surface area contributed by atoms with E-state index in [9.17, 15) is 0 Å². The van der Waals surface area contributed by atoms with E-state index in [1.54, 1.807) is 0 Å². The lowest BCUT2D eigenvalue weighted by molar-refractivity contribution is 0.0504. The van der Waals surface area contributed by atoms with Crippen molar-refractivity contribution in [3.8, 4) is 0 Å². The lowest BCUT2D eigenvalue weighted by Crippen LogP contribution is -2.40. The monoisotopic (exact) mass is 204 g/mol. The molecule has 0 aliphatic heterocycles. The van der Waals surface area contributed by atoms with Crippen LogP contribution in [-0.2, 0) is 0 Å². The highest BCUT2D eigenvalue weighted by Gasteiger charge is 2.43. The molecule has 0 spiro atoms. The van der Waals surface area contributed by atoms with E-state index in [1.807, 2.05) is 0 Å². The molecule has 0 heterocycles. The van der Waals surface area contributed by atoms with Crippen molar-refractivity contribution < 1.29 is 0 Å². The quantitative estimate of drug-likeness (QED) is 0.548. The molecular weight excluding hydrogens is 180 g/mol. The van der Waals surface area contributed by atoms with Crippen LogP contribution in [0.1, 0.15) is 46.5 Å². The normalized spacial score (nSPS) is 44.9. The predicted molar refractivity (Wildman–Crippen MR) is 66.7 cm³/mol. The maximum Gasteiger partial charge on any atom is -0.0176 e. The molecule has 2 rings (SSSR count). The van der Waals surface area contributed by atoms with Gasteiger partial charge >= 0.3 is 0 Å². The second-order valence-electron chi connectivity index (χ2n) is 6.00. The van der Waals surface area contributed by atoms with Gasteiger partial charge in [0.2, 0.25) is 0 Å². The van der Waals surface area contributed by atoms with Crippen LogP contribution in [0.4, 0.5) is 0 Å². The zero-order valence-corrected chi connectivity index (χ0v) is 10.4. The summed E-state index contributed by atoms with van der Waals surface area (Å²) in [6.45, 7) is 11.3. The molecule has 4 atom stereocenters. The van der Waals surface area contributed by atoms with Crippen LogP contribution in [0.15, 0.2) is 24.3 Å². The predicted octanol–water partition coefficient (Wildman–Crippen LogP) is 4.58. The van der Waals surface area contributed by atoms with Crippen molar-refractivity contribution in [1.82, 2.24) is 0 Å². The van der Waals surface area contributed by atoms with Crippen LogP contribution in [0.25, 0.3) is 0 Å². The molecule has 0 amide bonds. The average Bonchev–Trinajstić information content (AvgIpc) is 2.19. The van der Waals surface area contributed by atoms with Crippen LogP contribution in [0.5, 0.6) is 0 Å². The zero-order valence-electron chi connectivity index (χ0n) is 10.4. The summed E-state index contributed by atoms with van der Waals surface area (Å²) < 4.78 is 0. The minimum Gasteiger partial charge on any atom is -0.0999 e. The van der Waals surface area contributed by atoms with Gasteiger partial charge in [-0.05, 0) is 55.8 Å². The van der Waals surface area contributed by atoms with Crippen molar-refractivity contribution in [2.45, 2.75) is 46.5 Å². The molecular formula is C15H24. The van der Waals surface area contributed by atoms with Gasteiger partial charge in [-0.2, -0.15) is 0 Å². The van der Waals surface area contributed by atoms with E-state index in [0.717, 1.165) is 17.8 Å². The Labute approximate surface area is 94.5 Å². The van der Waals surface area contributed by atoms with Gasteiger partial charge in [0, 0.05) is 0 Å². The SMILES string of the molecule is C=C(C)[C@@H]1CC[C@@H]2C=CC[C@@H](C)[C@]2(C)C1. The fraction of sp³-hybridized carbons (Fsp3) is 0.733. The topological polar surface area (TPSA) is 0 Å². The molecule has 84 valence electrons. The largest absolute Gasteiger partial charge is 0.0999 e. The first kappa shape index (κ1) is 11.0. The number of allylic oxidation sites excluding steroid dienone is 3. The van der Waals surface area contributed by atoms with E-state index < -0.39 is 0 Å². The van der Waals surface area contributed by atoms with Crippen LogP contribution < -0.4 is 0 Å². The average molecular weight is 204 g/mol. The highest BCUT2D eigenvalue weighted by molar-refractivity contribution is 5.11. The van der Waals surface area contributed by atoms with Gasteiger partial charge in [0.25, 0.3) is 0 Å². The van der Waals surface area contributed by atoms with Crippen molar-refractivity contribution in [3.63, 3.8) is 0 Å². The Kier molecular flexibility index (Phi) is 2.79. The maximum absolute atomic E-state index is 4.15. The van der Waals surface area contributed by atoms with E-state index in [-0.39, 0.29) is 0 Å². The molecule has 2 aliphatic carbocycles. The smallest absolute Gasteiger partial charge is 0.0176 e. The molecule has 0 radical (unpaired) electrons. The Balaban J connectivity index is 2.20. The summed E-state index contributed by atoms with van der Waals surface area (Å²) in [5, 5.41) is 0. The van der Waals surface area contributed by atoms with Gasteiger partial charge in [-0.15, -0.1) is 0 Å². The maximum atomic E-state index is 4.15. The van der Waals surface area contributed by atoms with Crippen LogP contribution in [-0.4, -0.2) is 0 Å². The van der Waals surface area contributed by atoms with E-state index in [2.05, 4.69) is 39.5 Å². The summed E-state index contributed by atoms with van der Waals surface area (Å²) in [5.41, 5.74) is 1.94. The molecule has 0 saturated heterocycles. The number of hydrogen-bond acceptors (Lipinski definition) is 0. The third-order valence-electron chi connectivity index (χ3n) is 5.04. The standard InChI is InChI=1S/C15H24/c1-11(2)13-8-9-14-7-5-6-12(3)15(14,4)10-13/h5,7,12-14H,1,6,8-10H2,2-4H3/t12-,13-,14+,15+/m1/s1. The van der Waals surface area contributed by atoms with Crippen LogP contribution in [0, 0.1) is 23.2 Å². The van der Waals surface area contributed by atoms with Gasteiger partial charge in [-0.1, -0.05) is 38.2 Å². The summed E-state index contributed by atoms with van der Waals surface area (Å²) in [6.07, 6.45) is 10.2. The highest BCUT2D eigenvalue weighted by Crippen LogP contribution is 2.53. The highest BCUT2D eigenvalue weighted by atomic mass is 14.5. The molecule has 2 aliphatic rings. The van der Waals surface area contributed by atoms with Gasteiger partial charge in [-0.25, -0.2) is 0 Å². The van der Waals surface area contributed by atoms with E-state index >= 15 is 0 Å². The first-order valence-electron chi connectivity index (χ1n) is 6.36. The first-order valence-corrected chi connectivity index (χ1v) is 6.36. The van der Waals surface area contributed by atoms with Gasteiger partial charge < -0.3 is 0 Å². The Bertz CT molecular complexity index is 286. The molecule has 0 N–H and O–H groups in total. The molecule has 0 aromatic carbocycles. The number of rotatable bonds is 1. The third-order valence-corrected chi connectivity index (χ3v) is 5.04. The van der Waals surface area contributed by atoms with Gasteiger partial charge in [-0.3, -0.25) is 0 Å². The summed E-state index contributed by atoms with van der Waals surface area (Å²) in [7, 11) is 0. The lowest BCUT2D eigenvalue weighted by Gasteiger charge is -2.49. The molecule has 0 aromatic heterocycles. The molecule has 0 nitrogen and oxygen atoms in total. The van der Waals surface area contributed by atoms with Crippen LogP contribution >= 0.6 is 0 Å². The molecule has 0 bridgehead atoms. The fourth-order valence-electron chi connectivity index (χ4n) is 3.51. The molecule has 0 heteroatoms. The second-order valence-corrected chi connectivity index (χ2v) is 6.00. The van der Waals surface area contributed by atoms with Gasteiger partial charge in [0.15, 0.2) is 0 Å². The molecule has 15 heavy (non-hydrogen) atoms. The minimum absolute atomic E-state index is 0.538. The van der Waals surface area contributed by atoms with Gasteiger partial charge in [0.05, 0.1) is 0 Å². The minimum atomic E-state index is 0.538. The van der Waals surface area contributed by atoms with Crippen molar-refractivity contribution in [3.05, 3.63) is 24.3 Å². The van der Waals surface area contributed by atoms with Crippen molar-refractivity contribution in [2.24, 2.45) is 23.2 Å². The summed E-state index contributed by atoms with van der Waals surface area (Å²) in [6, 6.07) is 0. The zero-order chi connectivity index (χ0) is 11.1. The van der Waals surface area contributed by atoms with Crippen LogP contribution in [0.3, 0.4) is 0 Å². The Morgan fingerprint density at radius 2 is 2.13 bits per heavy atom. The molecule has 0 aromatic rings. The Morgan fingerprint density at radius 3 is 2.80 bits per heavy atom. The Morgan fingerprint density at radius 1 is 1.40 bits per heavy atom. The summed E-state index contributed by atoms with van der Waals surface area (Å²) in [4.78, 5) is 0. The van der Waals surface area contributed by atoms with Crippen LogP contribution in [0.2, 0.25) is 0 Å². The van der Waals surface area contributed by atoms with Crippen molar-refractivity contribution in [1.29, 1.82) is 0 Å². The first-order chi connectivity index (χ1) is 7.04. The second kappa shape index (κ2) is 3.81. The molecule has 1 saturated carbocycles. The lowest BCUT2D eigenvalue weighted by atomic mass is 9.55. The van der Waals surface area contributed by atoms with Crippen molar-refractivity contribution >= 4 is 0 Å². The number of hydrogen-bond donors (Lipinski definition) is 0. The third kappa shape index (κ3) is 1.79. The molecule has 1 fully saturated rings. The Hall–Kier alpha value is -0.520. The van der Waals surface area contributed by atoms with E-state index in [1.165, 1.54) is 31.3 Å². The summed E-state index contributed by atoms with van der Waals surface area (Å²) >= 11 is 0. The number of fused-ring (bicyclic) bond motifs is 1. The van der Waals surface area contributed by atoms with Crippen molar-refractivity contribution in [2.75, 3.05) is 0 Å².